The molecule has 1 aliphatic carbocycles. The largest absolute Gasteiger partial charge is 0.355 e. The number of benzene rings is 2. The molecular formula is C26H22FN3O2. The van der Waals surface area contributed by atoms with Crippen LogP contribution in [0.5, 0.6) is 0 Å². The van der Waals surface area contributed by atoms with Crippen LogP contribution in [0.15, 0.2) is 77.4 Å². The third kappa shape index (κ3) is 4.17. The first kappa shape index (κ1) is 20.1. The van der Waals surface area contributed by atoms with Crippen molar-refractivity contribution >= 4 is 11.7 Å². The zero-order valence-electron chi connectivity index (χ0n) is 17.5. The zero-order valence-corrected chi connectivity index (χ0v) is 17.5. The Morgan fingerprint density at radius 2 is 1.78 bits per heavy atom. The summed E-state index contributed by atoms with van der Waals surface area (Å²) in [7, 11) is 0. The molecule has 1 aliphatic rings. The summed E-state index contributed by atoms with van der Waals surface area (Å²) < 4.78 is 18.9. The van der Waals surface area contributed by atoms with E-state index in [1.807, 2.05) is 12.1 Å². The molecule has 0 bridgehead atoms. The van der Waals surface area contributed by atoms with E-state index in [0.29, 0.717) is 11.6 Å². The molecule has 5 rings (SSSR count). The number of pyridine rings is 1. The van der Waals surface area contributed by atoms with Crippen molar-refractivity contribution < 1.29 is 13.7 Å². The van der Waals surface area contributed by atoms with Crippen molar-refractivity contribution in [2.24, 2.45) is 0 Å². The van der Waals surface area contributed by atoms with Crippen molar-refractivity contribution in [3.63, 3.8) is 0 Å². The van der Waals surface area contributed by atoms with Crippen LogP contribution in [0.3, 0.4) is 0 Å². The highest BCUT2D eigenvalue weighted by Crippen LogP contribution is 2.28. The number of aryl methyl sites for hydroxylation is 2. The molecule has 2 aromatic heterocycles. The van der Waals surface area contributed by atoms with Crippen LogP contribution in [0.1, 0.15) is 40.0 Å². The first-order valence-corrected chi connectivity index (χ1v) is 10.7. The Labute approximate surface area is 185 Å². The number of hydrogen-bond donors (Lipinski definition) is 0. The first-order valence-electron chi connectivity index (χ1n) is 10.7. The van der Waals surface area contributed by atoms with Gasteiger partial charge in [-0.25, -0.2) is 9.37 Å². The van der Waals surface area contributed by atoms with Crippen molar-refractivity contribution in [1.29, 1.82) is 0 Å². The van der Waals surface area contributed by atoms with Crippen molar-refractivity contribution in [2.45, 2.75) is 32.2 Å². The molecule has 0 spiro atoms. The average molecular weight is 427 g/mol. The van der Waals surface area contributed by atoms with Crippen LogP contribution < -0.4 is 4.90 Å². The lowest BCUT2D eigenvalue weighted by Gasteiger charge is -2.20. The highest BCUT2D eigenvalue weighted by Gasteiger charge is 2.23. The van der Waals surface area contributed by atoms with Crippen molar-refractivity contribution in [3.05, 3.63) is 101 Å². The normalized spacial score (nSPS) is 12.9. The number of fused-ring (bicyclic) bond motifs is 1. The quantitative estimate of drug-likeness (QED) is 0.416. The van der Waals surface area contributed by atoms with Gasteiger partial charge in [0, 0.05) is 17.8 Å². The average Bonchev–Trinajstić information content (AvgIpc) is 3.34. The van der Waals surface area contributed by atoms with Gasteiger partial charge in [0.25, 0.3) is 5.91 Å². The number of rotatable bonds is 5. The standard InChI is InChI=1S/C26H22FN3O2/c27-22-12-8-18(9-13-22)17-30(25-7-3-4-14-28-25)26(31)23-16-24(32-29-23)21-11-10-19-5-1-2-6-20(19)15-21/h3-4,7-16H,1-2,5-6,17H2. The Kier molecular flexibility index (Phi) is 5.50. The molecule has 160 valence electrons. The number of halogens is 1. The monoisotopic (exact) mass is 427 g/mol. The van der Waals surface area contributed by atoms with Crippen LogP contribution >= 0.6 is 0 Å². The van der Waals surface area contributed by atoms with Gasteiger partial charge in [-0.05, 0) is 72.7 Å². The predicted octanol–water partition coefficient (Wildman–Crippen LogP) is 5.60. The molecule has 2 aromatic carbocycles. The third-order valence-corrected chi connectivity index (χ3v) is 5.79. The summed E-state index contributed by atoms with van der Waals surface area (Å²) in [6.07, 6.45) is 6.22. The molecule has 4 aromatic rings. The van der Waals surface area contributed by atoms with E-state index in [-0.39, 0.29) is 24.0 Å². The summed E-state index contributed by atoms with van der Waals surface area (Å²) in [5.41, 5.74) is 4.62. The van der Waals surface area contributed by atoms with E-state index in [0.717, 1.165) is 24.0 Å². The lowest BCUT2D eigenvalue weighted by molar-refractivity contribution is 0.0975. The van der Waals surface area contributed by atoms with Gasteiger partial charge in [-0.1, -0.05) is 35.5 Å². The molecule has 0 saturated carbocycles. The molecule has 0 atom stereocenters. The van der Waals surface area contributed by atoms with Crippen LogP contribution in [-0.2, 0) is 19.4 Å². The lowest BCUT2D eigenvalue weighted by Crippen LogP contribution is -2.31. The number of amides is 1. The fourth-order valence-corrected chi connectivity index (χ4v) is 4.08. The summed E-state index contributed by atoms with van der Waals surface area (Å²) in [6.45, 7) is 0.233. The summed E-state index contributed by atoms with van der Waals surface area (Å²) >= 11 is 0. The van der Waals surface area contributed by atoms with E-state index in [4.69, 9.17) is 4.52 Å². The zero-order chi connectivity index (χ0) is 21.9. The minimum absolute atomic E-state index is 0.200. The van der Waals surface area contributed by atoms with E-state index < -0.39 is 0 Å². The summed E-state index contributed by atoms with van der Waals surface area (Å²) in [5.74, 6) is 0.390. The van der Waals surface area contributed by atoms with Gasteiger partial charge >= 0.3 is 0 Å². The van der Waals surface area contributed by atoms with Gasteiger partial charge in [0.15, 0.2) is 11.5 Å². The Balaban J connectivity index is 1.44. The van der Waals surface area contributed by atoms with Gasteiger partial charge in [-0.3, -0.25) is 9.69 Å². The highest BCUT2D eigenvalue weighted by atomic mass is 19.1. The van der Waals surface area contributed by atoms with Crippen LogP contribution in [0.2, 0.25) is 0 Å². The number of anilines is 1. The maximum absolute atomic E-state index is 13.4. The number of carbonyl (C=O) groups is 1. The maximum atomic E-state index is 13.4. The van der Waals surface area contributed by atoms with E-state index in [2.05, 4.69) is 22.3 Å². The lowest BCUT2D eigenvalue weighted by atomic mass is 9.90. The molecule has 0 radical (unpaired) electrons. The van der Waals surface area contributed by atoms with Gasteiger partial charge < -0.3 is 4.52 Å². The molecule has 32 heavy (non-hydrogen) atoms. The Morgan fingerprint density at radius 1 is 0.969 bits per heavy atom. The predicted molar refractivity (Wildman–Crippen MR) is 120 cm³/mol. The Morgan fingerprint density at radius 3 is 2.56 bits per heavy atom. The number of nitrogens with zero attached hydrogens (tertiary/aromatic N) is 3. The molecule has 0 fully saturated rings. The van der Waals surface area contributed by atoms with Gasteiger partial charge in [0.05, 0.1) is 6.54 Å². The fraction of sp³-hybridized carbons (Fsp3) is 0.192. The molecule has 0 aliphatic heterocycles. The van der Waals surface area contributed by atoms with Crippen molar-refractivity contribution in [2.75, 3.05) is 4.90 Å². The molecular weight excluding hydrogens is 405 g/mol. The topological polar surface area (TPSA) is 59.2 Å². The third-order valence-electron chi connectivity index (χ3n) is 5.79. The minimum atomic E-state index is -0.332. The molecule has 0 N–H and O–H groups in total. The van der Waals surface area contributed by atoms with Crippen LogP contribution in [0.25, 0.3) is 11.3 Å². The molecule has 0 unspecified atom stereocenters. The molecule has 5 nitrogen and oxygen atoms in total. The fourth-order valence-electron chi connectivity index (χ4n) is 4.08. The van der Waals surface area contributed by atoms with Crippen molar-refractivity contribution in [1.82, 2.24) is 10.1 Å². The molecule has 1 amide bonds. The number of aromatic nitrogens is 2. The second kappa shape index (κ2) is 8.75. The van der Waals surface area contributed by atoms with E-state index in [9.17, 15) is 9.18 Å². The summed E-state index contributed by atoms with van der Waals surface area (Å²) in [4.78, 5) is 19.2. The minimum Gasteiger partial charge on any atom is -0.355 e. The van der Waals surface area contributed by atoms with E-state index >= 15 is 0 Å². The smallest absolute Gasteiger partial charge is 0.281 e. The van der Waals surface area contributed by atoms with Crippen molar-refractivity contribution in [3.8, 4) is 11.3 Å². The van der Waals surface area contributed by atoms with Crippen LogP contribution in [-0.4, -0.2) is 16.0 Å². The summed E-state index contributed by atoms with van der Waals surface area (Å²) in [5, 5.41) is 4.05. The molecule has 0 saturated heterocycles. The van der Waals surface area contributed by atoms with Gasteiger partial charge in [0.1, 0.15) is 11.6 Å². The first-order chi connectivity index (χ1) is 15.7. The second-order valence-corrected chi connectivity index (χ2v) is 7.97. The van der Waals surface area contributed by atoms with Gasteiger partial charge in [0.2, 0.25) is 0 Å². The summed E-state index contributed by atoms with van der Waals surface area (Å²) in [6, 6.07) is 19.4. The molecule has 6 heteroatoms. The Hall–Kier alpha value is -3.80. The number of hydrogen-bond acceptors (Lipinski definition) is 4. The van der Waals surface area contributed by atoms with Gasteiger partial charge in [-0.15, -0.1) is 0 Å². The molecule has 2 heterocycles. The van der Waals surface area contributed by atoms with Crippen LogP contribution in [0.4, 0.5) is 10.2 Å². The highest BCUT2D eigenvalue weighted by molar-refractivity contribution is 6.04. The number of carbonyl (C=O) groups excluding carboxylic acids is 1. The SMILES string of the molecule is O=C(c1cc(-c2ccc3c(c2)CCCC3)on1)N(Cc1ccc(F)cc1)c1ccccn1. The van der Waals surface area contributed by atoms with Crippen LogP contribution in [0, 0.1) is 5.82 Å². The maximum Gasteiger partial charge on any atom is 0.281 e. The van der Waals surface area contributed by atoms with Gasteiger partial charge in [-0.2, -0.15) is 0 Å². The second-order valence-electron chi connectivity index (χ2n) is 7.97. The Bertz CT molecular complexity index is 1240. The van der Waals surface area contributed by atoms with E-state index in [1.54, 1.807) is 36.5 Å². The van der Waals surface area contributed by atoms with E-state index in [1.165, 1.54) is 41.0 Å².